The topological polar surface area (TPSA) is 89.2 Å². The van der Waals surface area contributed by atoms with Crippen LogP contribution in [-0.4, -0.2) is 30.6 Å². The van der Waals surface area contributed by atoms with Gasteiger partial charge >= 0.3 is 11.2 Å². The Bertz CT molecular complexity index is 1480. The average Bonchev–Trinajstić information content (AvgIpc) is 3.02. The molecule has 0 aliphatic carbocycles. The third-order valence-corrected chi connectivity index (χ3v) is 6.16. The molecule has 0 saturated carbocycles. The molecule has 0 spiro atoms. The highest BCUT2D eigenvalue weighted by Crippen LogP contribution is 2.37. The number of rotatable bonds is 6. The Morgan fingerprint density at radius 1 is 1.14 bits per heavy atom. The van der Waals surface area contributed by atoms with Gasteiger partial charge in [0.2, 0.25) is 5.88 Å². The molecular formula is C24H18ClF3N4O3S. The fourth-order valence-corrected chi connectivity index (χ4v) is 4.22. The molecular weight excluding hydrogens is 517 g/mol. The number of benzene rings is 2. The van der Waals surface area contributed by atoms with E-state index in [0.29, 0.717) is 16.1 Å². The molecule has 7 nitrogen and oxygen atoms in total. The zero-order chi connectivity index (χ0) is 26.0. The number of imidazole rings is 1. The molecule has 2 aromatic carbocycles. The van der Waals surface area contributed by atoms with Gasteiger partial charge in [-0.05, 0) is 78.8 Å². The summed E-state index contributed by atoms with van der Waals surface area (Å²) in [5.74, 6) is -0.490. The molecule has 36 heavy (non-hydrogen) atoms. The number of carbonyl (C=O) groups is 1. The van der Waals surface area contributed by atoms with Crippen molar-refractivity contribution < 1.29 is 23.1 Å². The number of nitrogens with one attached hydrogen (secondary N) is 1. The van der Waals surface area contributed by atoms with E-state index in [1.807, 2.05) is 0 Å². The van der Waals surface area contributed by atoms with E-state index < -0.39 is 17.1 Å². The SMILES string of the molecule is Cc1c(O)n(-c2ccc(SC(F)(F)F)cc2)c(=O)n1Cc1ccnc(NC(=O)c2cccc(Cl)c2)c1. The molecule has 2 N–H and O–H groups in total. The predicted molar refractivity (Wildman–Crippen MR) is 131 cm³/mol. The first-order chi connectivity index (χ1) is 17.0. The summed E-state index contributed by atoms with van der Waals surface area (Å²) in [6.45, 7) is 1.60. The van der Waals surface area contributed by atoms with Gasteiger partial charge in [-0.25, -0.2) is 14.3 Å². The molecule has 0 aliphatic rings. The van der Waals surface area contributed by atoms with Crippen molar-refractivity contribution in [3.8, 4) is 11.6 Å². The van der Waals surface area contributed by atoms with Crippen LogP contribution in [0.2, 0.25) is 5.02 Å². The zero-order valence-electron chi connectivity index (χ0n) is 18.6. The molecule has 0 saturated heterocycles. The van der Waals surface area contributed by atoms with Gasteiger partial charge in [0, 0.05) is 21.7 Å². The van der Waals surface area contributed by atoms with Crippen LogP contribution in [-0.2, 0) is 6.54 Å². The van der Waals surface area contributed by atoms with E-state index in [2.05, 4.69) is 10.3 Å². The molecule has 4 aromatic rings. The van der Waals surface area contributed by atoms with Crippen LogP contribution in [0.25, 0.3) is 5.69 Å². The Morgan fingerprint density at radius 2 is 1.86 bits per heavy atom. The van der Waals surface area contributed by atoms with E-state index in [1.165, 1.54) is 41.1 Å². The Morgan fingerprint density at radius 3 is 2.53 bits per heavy atom. The molecule has 0 bridgehead atoms. The number of aromatic hydroxyl groups is 1. The molecule has 12 heteroatoms. The number of halogens is 4. The highest BCUT2D eigenvalue weighted by Gasteiger charge is 2.29. The fraction of sp³-hybridized carbons (Fsp3) is 0.125. The quantitative estimate of drug-likeness (QED) is 0.314. The molecule has 2 aromatic heterocycles. The summed E-state index contributed by atoms with van der Waals surface area (Å²) in [5.41, 5.74) is -3.57. The molecule has 4 rings (SSSR count). The minimum absolute atomic E-state index is 0.0425. The Hall–Kier alpha value is -3.70. The van der Waals surface area contributed by atoms with Gasteiger partial charge < -0.3 is 10.4 Å². The van der Waals surface area contributed by atoms with Crippen LogP contribution in [0.15, 0.2) is 76.6 Å². The number of hydrogen-bond acceptors (Lipinski definition) is 5. The molecule has 0 atom stereocenters. The minimum atomic E-state index is -4.43. The molecule has 1 amide bonds. The van der Waals surface area contributed by atoms with E-state index in [-0.39, 0.29) is 46.3 Å². The normalized spacial score (nSPS) is 11.5. The summed E-state index contributed by atoms with van der Waals surface area (Å²) in [5, 5.41) is 13.7. The predicted octanol–water partition coefficient (Wildman–Crippen LogP) is 5.61. The smallest absolute Gasteiger partial charge is 0.446 e. The van der Waals surface area contributed by atoms with Crippen LogP contribution >= 0.6 is 23.4 Å². The van der Waals surface area contributed by atoms with E-state index in [0.717, 1.165) is 4.57 Å². The van der Waals surface area contributed by atoms with Crippen molar-refractivity contribution in [1.82, 2.24) is 14.1 Å². The number of aromatic nitrogens is 3. The molecule has 2 heterocycles. The van der Waals surface area contributed by atoms with Gasteiger partial charge in [-0.2, -0.15) is 13.2 Å². The van der Waals surface area contributed by atoms with Gasteiger partial charge in [0.25, 0.3) is 5.91 Å². The lowest BCUT2D eigenvalue weighted by atomic mass is 10.2. The van der Waals surface area contributed by atoms with Crippen molar-refractivity contribution in [2.24, 2.45) is 0 Å². The Kier molecular flexibility index (Phi) is 7.14. The maximum Gasteiger partial charge on any atom is 0.446 e. The fourth-order valence-electron chi connectivity index (χ4n) is 3.49. The number of alkyl halides is 3. The van der Waals surface area contributed by atoms with Gasteiger partial charge in [0.05, 0.1) is 17.9 Å². The number of carbonyl (C=O) groups excluding carboxylic acids is 1. The van der Waals surface area contributed by atoms with E-state index in [9.17, 15) is 27.9 Å². The first-order valence-corrected chi connectivity index (χ1v) is 11.6. The van der Waals surface area contributed by atoms with Gasteiger partial charge in [0.15, 0.2) is 0 Å². The van der Waals surface area contributed by atoms with E-state index >= 15 is 0 Å². The van der Waals surface area contributed by atoms with Crippen LogP contribution in [0.5, 0.6) is 5.88 Å². The third-order valence-electron chi connectivity index (χ3n) is 5.18. The Labute approximate surface area is 212 Å². The Balaban J connectivity index is 1.57. The average molecular weight is 535 g/mol. The highest BCUT2D eigenvalue weighted by molar-refractivity contribution is 8.00. The summed E-state index contributed by atoms with van der Waals surface area (Å²) in [7, 11) is 0. The second kappa shape index (κ2) is 10.1. The first-order valence-electron chi connectivity index (χ1n) is 10.4. The second-order valence-corrected chi connectivity index (χ2v) is 9.24. The van der Waals surface area contributed by atoms with Crippen LogP contribution in [0.4, 0.5) is 19.0 Å². The van der Waals surface area contributed by atoms with Gasteiger partial charge in [-0.1, -0.05) is 17.7 Å². The van der Waals surface area contributed by atoms with Gasteiger partial charge in [-0.15, -0.1) is 0 Å². The van der Waals surface area contributed by atoms with Crippen LogP contribution in [0.3, 0.4) is 0 Å². The first kappa shape index (κ1) is 25.4. The van der Waals surface area contributed by atoms with Crippen molar-refractivity contribution in [3.63, 3.8) is 0 Å². The van der Waals surface area contributed by atoms with Crippen molar-refractivity contribution in [3.05, 3.63) is 99.2 Å². The van der Waals surface area contributed by atoms with Crippen molar-refractivity contribution in [1.29, 1.82) is 0 Å². The molecule has 0 aliphatic heterocycles. The zero-order valence-corrected chi connectivity index (χ0v) is 20.2. The minimum Gasteiger partial charge on any atom is -0.493 e. The highest BCUT2D eigenvalue weighted by atomic mass is 35.5. The number of anilines is 1. The van der Waals surface area contributed by atoms with E-state index in [4.69, 9.17) is 11.6 Å². The van der Waals surface area contributed by atoms with Crippen molar-refractivity contribution in [2.75, 3.05) is 5.32 Å². The standard InChI is InChI=1S/C24H18ClF3N4O3S/c1-14-22(34)32(18-5-7-19(8-6-18)36-24(26,27)28)23(35)31(14)13-15-9-10-29-20(11-15)30-21(33)16-3-2-4-17(25)12-16/h2-12,34H,13H2,1H3,(H,29,30,33). The largest absolute Gasteiger partial charge is 0.493 e. The molecule has 0 unspecified atom stereocenters. The molecule has 0 fully saturated rings. The summed E-state index contributed by atoms with van der Waals surface area (Å²) < 4.78 is 40.1. The molecule has 0 radical (unpaired) electrons. The van der Waals surface area contributed by atoms with Crippen molar-refractivity contribution in [2.45, 2.75) is 23.9 Å². The summed E-state index contributed by atoms with van der Waals surface area (Å²) in [4.78, 5) is 29.7. The monoisotopic (exact) mass is 534 g/mol. The van der Waals surface area contributed by atoms with Gasteiger partial charge in [-0.3, -0.25) is 9.36 Å². The number of pyridine rings is 1. The number of nitrogens with zero attached hydrogens (tertiary/aromatic N) is 3. The lowest BCUT2D eigenvalue weighted by molar-refractivity contribution is -0.0328. The van der Waals surface area contributed by atoms with Crippen molar-refractivity contribution >= 4 is 35.1 Å². The maximum absolute atomic E-state index is 13.1. The third kappa shape index (κ3) is 5.74. The summed E-state index contributed by atoms with van der Waals surface area (Å²) >= 11 is 5.66. The lowest BCUT2D eigenvalue weighted by Gasteiger charge is -2.08. The summed E-state index contributed by atoms with van der Waals surface area (Å²) in [6.07, 6.45) is 1.47. The van der Waals surface area contributed by atoms with Crippen LogP contribution in [0, 0.1) is 6.92 Å². The maximum atomic E-state index is 13.1. The lowest BCUT2D eigenvalue weighted by Crippen LogP contribution is -2.24. The number of hydrogen-bond donors (Lipinski definition) is 2. The van der Waals surface area contributed by atoms with E-state index in [1.54, 1.807) is 37.3 Å². The number of amides is 1. The molecule has 186 valence electrons. The van der Waals surface area contributed by atoms with Crippen LogP contribution < -0.4 is 11.0 Å². The number of thioether (sulfide) groups is 1. The van der Waals surface area contributed by atoms with Gasteiger partial charge in [0.1, 0.15) is 5.82 Å². The second-order valence-electron chi connectivity index (χ2n) is 7.67. The van der Waals surface area contributed by atoms with Crippen LogP contribution in [0.1, 0.15) is 21.6 Å². The summed E-state index contributed by atoms with van der Waals surface area (Å²) in [6, 6.07) is 14.8.